The van der Waals surface area contributed by atoms with Crippen molar-refractivity contribution < 1.29 is 0 Å². The van der Waals surface area contributed by atoms with Gasteiger partial charge in [0.25, 0.3) is 0 Å². The molecule has 2 heterocycles. The van der Waals surface area contributed by atoms with E-state index in [2.05, 4.69) is 26.0 Å². The largest absolute Gasteiger partial charge is 0.337 e. The topological polar surface area (TPSA) is 35.6 Å². The number of aryl methyl sites for hydroxylation is 3. The van der Waals surface area contributed by atoms with Crippen LogP contribution in [0.3, 0.4) is 0 Å². The van der Waals surface area contributed by atoms with E-state index in [4.69, 9.17) is 0 Å². The number of rotatable bonds is 4. The summed E-state index contributed by atoms with van der Waals surface area (Å²) in [5.41, 5.74) is 2.39. The van der Waals surface area contributed by atoms with Gasteiger partial charge in [-0.1, -0.05) is 0 Å². The first-order valence-corrected chi connectivity index (χ1v) is 5.21. The summed E-state index contributed by atoms with van der Waals surface area (Å²) >= 11 is 0. The molecule has 0 fully saturated rings. The second-order valence-corrected chi connectivity index (χ2v) is 3.76. The Kier molecular flexibility index (Phi) is 2.85. The van der Waals surface area contributed by atoms with Crippen molar-refractivity contribution in [3.63, 3.8) is 0 Å². The van der Waals surface area contributed by atoms with Gasteiger partial charge < -0.3 is 9.13 Å². The predicted octanol–water partition coefficient (Wildman–Crippen LogP) is 1.79. The van der Waals surface area contributed by atoms with E-state index in [1.165, 1.54) is 5.69 Å². The van der Waals surface area contributed by atoms with Gasteiger partial charge in [0.1, 0.15) is 0 Å². The summed E-state index contributed by atoms with van der Waals surface area (Å²) in [5.74, 6) is 0. The maximum atomic E-state index is 4.28. The van der Waals surface area contributed by atoms with Gasteiger partial charge in [-0.3, -0.25) is 0 Å². The third kappa shape index (κ3) is 2.26. The lowest BCUT2D eigenvalue weighted by molar-refractivity contribution is 0.556. The molecule has 2 aromatic heterocycles. The molecular formula is C11H16N4. The molecule has 80 valence electrons. The van der Waals surface area contributed by atoms with Crippen LogP contribution in [0.5, 0.6) is 0 Å². The summed E-state index contributed by atoms with van der Waals surface area (Å²) in [5, 5.41) is 0. The fourth-order valence-corrected chi connectivity index (χ4v) is 1.61. The summed E-state index contributed by atoms with van der Waals surface area (Å²) in [4.78, 5) is 8.29. The highest BCUT2D eigenvalue weighted by molar-refractivity contribution is 5.08. The van der Waals surface area contributed by atoms with Crippen LogP contribution < -0.4 is 0 Å². The summed E-state index contributed by atoms with van der Waals surface area (Å²) in [7, 11) is 0. The molecule has 0 aliphatic heterocycles. The molecule has 0 unspecified atom stereocenters. The lowest BCUT2D eigenvalue weighted by Gasteiger charge is -2.05. The van der Waals surface area contributed by atoms with E-state index < -0.39 is 0 Å². The van der Waals surface area contributed by atoms with E-state index in [0.29, 0.717) is 0 Å². The smallest absolute Gasteiger partial charge is 0.0951 e. The Hall–Kier alpha value is -1.58. The van der Waals surface area contributed by atoms with Gasteiger partial charge in [0.15, 0.2) is 0 Å². The number of nitrogens with zero attached hydrogens (tertiary/aromatic N) is 4. The van der Waals surface area contributed by atoms with E-state index in [0.717, 1.165) is 25.2 Å². The fraction of sp³-hybridized carbons (Fsp3) is 0.455. The lowest BCUT2D eigenvalue weighted by Crippen LogP contribution is -2.03. The van der Waals surface area contributed by atoms with Gasteiger partial charge in [-0.05, 0) is 20.3 Å². The summed E-state index contributed by atoms with van der Waals surface area (Å²) < 4.78 is 4.30. The normalized spacial score (nSPS) is 10.8. The molecule has 2 rings (SSSR count). The minimum atomic E-state index is 1.01. The maximum absolute atomic E-state index is 4.28. The van der Waals surface area contributed by atoms with E-state index in [1.807, 2.05) is 32.0 Å². The molecule has 15 heavy (non-hydrogen) atoms. The molecule has 0 bridgehead atoms. The maximum Gasteiger partial charge on any atom is 0.0951 e. The quantitative estimate of drug-likeness (QED) is 0.761. The van der Waals surface area contributed by atoms with Crippen LogP contribution in [0.15, 0.2) is 25.0 Å². The molecular weight excluding hydrogens is 188 g/mol. The molecule has 0 aliphatic carbocycles. The van der Waals surface area contributed by atoms with E-state index in [-0.39, 0.29) is 0 Å². The van der Waals surface area contributed by atoms with Crippen molar-refractivity contribution in [1.29, 1.82) is 0 Å². The van der Waals surface area contributed by atoms with Crippen LogP contribution in [0, 0.1) is 13.8 Å². The van der Waals surface area contributed by atoms with Gasteiger partial charge in [-0.25, -0.2) is 9.97 Å². The molecule has 0 saturated carbocycles. The average molecular weight is 204 g/mol. The Balaban J connectivity index is 1.86. The molecule has 0 saturated heterocycles. The van der Waals surface area contributed by atoms with E-state index >= 15 is 0 Å². The Morgan fingerprint density at radius 3 is 2.67 bits per heavy atom. The summed E-state index contributed by atoms with van der Waals surface area (Å²) in [6.07, 6.45) is 8.68. The second kappa shape index (κ2) is 4.29. The molecule has 4 heteroatoms. The van der Waals surface area contributed by atoms with Crippen molar-refractivity contribution in [3.05, 3.63) is 36.4 Å². The van der Waals surface area contributed by atoms with Crippen LogP contribution in [0.4, 0.5) is 0 Å². The minimum absolute atomic E-state index is 1.01. The first-order chi connectivity index (χ1) is 7.27. The van der Waals surface area contributed by atoms with Gasteiger partial charge in [0.2, 0.25) is 0 Å². The predicted molar refractivity (Wildman–Crippen MR) is 58.5 cm³/mol. The van der Waals surface area contributed by atoms with Crippen molar-refractivity contribution in [2.75, 3.05) is 0 Å². The van der Waals surface area contributed by atoms with Crippen LogP contribution in [-0.2, 0) is 13.1 Å². The summed E-state index contributed by atoms with van der Waals surface area (Å²) in [6, 6.07) is 0. The highest BCUT2D eigenvalue weighted by Gasteiger charge is 2.00. The molecule has 0 N–H and O–H groups in total. The number of hydrogen-bond acceptors (Lipinski definition) is 2. The van der Waals surface area contributed by atoms with Gasteiger partial charge >= 0.3 is 0 Å². The Morgan fingerprint density at radius 2 is 2.07 bits per heavy atom. The van der Waals surface area contributed by atoms with Crippen LogP contribution in [-0.4, -0.2) is 19.1 Å². The molecule has 0 atom stereocenters. The third-order valence-electron chi connectivity index (χ3n) is 2.72. The number of hydrogen-bond donors (Lipinski definition) is 0. The molecule has 0 amide bonds. The monoisotopic (exact) mass is 204 g/mol. The van der Waals surface area contributed by atoms with Crippen LogP contribution in [0.2, 0.25) is 0 Å². The Morgan fingerprint density at radius 1 is 1.20 bits per heavy atom. The SMILES string of the molecule is Cc1ncn(CCCn2ccnc2)c1C. The number of aromatic nitrogens is 4. The zero-order valence-corrected chi connectivity index (χ0v) is 9.22. The first kappa shape index (κ1) is 9.96. The van der Waals surface area contributed by atoms with Gasteiger partial charge in [0, 0.05) is 31.2 Å². The van der Waals surface area contributed by atoms with E-state index in [1.54, 1.807) is 0 Å². The zero-order chi connectivity index (χ0) is 10.7. The van der Waals surface area contributed by atoms with Gasteiger partial charge in [-0.2, -0.15) is 0 Å². The van der Waals surface area contributed by atoms with Crippen molar-refractivity contribution in [1.82, 2.24) is 19.1 Å². The Bertz CT molecular complexity index is 414. The third-order valence-corrected chi connectivity index (χ3v) is 2.72. The van der Waals surface area contributed by atoms with Crippen molar-refractivity contribution >= 4 is 0 Å². The Labute approximate surface area is 89.6 Å². The molecule has 0 radical (unpaired) electrons. The highest BCUT2D eigenvalue weighted by atomic mass is 15.1. The molecule has 4 nitrogen and oxygen atoms in total. The minimum Gasteiger partial charge on any atom is -0.337 e. The molecule has 0 spiro atoms. The van der Waals surface area contributed by atoms with Gasteiger partial charge in [0.05, 0.1) is 18.3 Å². The van der Waals surface area contributed by atoms with Crippen molar-refractivity contribution in [2.45, 2.75) is 33.4 Å². The molecule has 2 aromatic rings. The highest BCUT2D eigenvalue weighted by Crippen LogP contribution is 2.05. The first-order valence-electron chi connectivity index (χ1n) is 5.21. The summed E-state index contributed by atoms with van der Waals surface area (Å²) in [6.45, 7) is 6.18. The van der Waals surface area contributed by atoms with Gasteiger partial charge in [-0.15, -0.1) is 0 Å². The van der Waals surface area contributed by atoms with Crippen LogP contribution in [0.25, 0.3) is 0 Å². The van der Waals surface area contributed by atoms with Crippen molar-refractivity contribution in [2.24, 2.45) is 0 Å². The van der Waals surface area contributed by atoms with Crippen LogP contribution >= 0.6 is 0 Å². The zero-order valence-electron chi connectivity index (χ0n) is 9.22. The lowest BCUT2D eigenvalue weighted by atomic mass is 10.3. The molecule has 0 aliphatic rings. The second-order valence-electron chi connectivity index (χ2n) is 3.76. The number of imidazole rings is 2. The van der Waals surface area contributed by atoms with E-state index in [9.17, 15) is 0 Å². The standard InChI is InChI=1S/C11H16N4/c1-10-11(2)15(9-13-10)6-3-5-14-7-4-12-8-14/h4,7-9H,3,5-6H2,1-2H3. The van der Waals surface area contributed by atoms with Crippen molar-refractivity contribution in [3.8, 4) is 0 Å². The fourth-order valence-electron chi connectivity index (χ4n) is 1.61. The molecule has 0 aromatic carbocycles. The average Bonchev–Trinajstić information content (AvgIpc) is 2.83. The van der Waals surface area contributed by atoms with Crippen LogP contribution in [0.1, 0.15) is 17.8 Å².